The number of carbonyl (C=O) groups is 3. The maximum Gasteiger partial charge on any atom is 0.283 e. The van der Waals surface area contributed by atoms with Crippen molar-refractivity contribution in [2.45, 2.75) is 20.8 Å². The largest absolute Gasteiger partial charge is 0.350 e. The molecule has 9 heteroatoms. The molecule has 35 heavy (non-hydrogen) atoms. The van der Waals surface area contributed by atoms with Crippen LogP contribution in [-0.2, 0) is 9.59 Å². The molecule has 178 valence electrons. The zero-order chi connectivity index (χ0) is 25.4. The van der Waals surface area contributed by atoms with Crippen molar-refractivity contribution in [2.24, 2.45) is 0 Å². The molecule has 3 amide bonds. The molecule has 2 N–H and O–H groups in total. The molecule has 0 saturated heterocycles. The van der Waals surface area contributed by atoms with Crippen LogP contribution >= 0.6 is 34.8 Å². The van der Waals surface area contributed by atoms with Gasteiger partial charge in [-0.1, -0.05) is 52.5 Å². The minimum Gasteiger partial charge on any atom is -0.350 e. The molecule has 0 radical (unpaired) electrons. The normalized spacial score (nSPS) is 13.5. The average molecular weight is 529 g/mol. The van der Waals surface area contributed by atoms with Gasteiger partial charge < -0.3 is 10.6 Å². The van der Waals surface area contributed by atoms with Gasteiger partial charge in [0, 0.05) is 22.0 Å². The van der Waals surface area contributed by atoms with Gasteiger partial charge in [0.25, 0.3) is 17.7 Å². The van der Waals surface area contributed by atoms with Gasteiger partial charge in [0.2, 0.25) is 0 Å². The highest BCUT2D eigenvalue weighted by Crippen LogP contribution is 2.35. The summed E-state index contributed by atoms with van der Waals surface area (Å²) >= 11 is 18.3. The molecular weight excluding hydrogens is 509 g/mol. The number of aryl methyl sites for hydroxylation is 3. The lowest BCUT2D eigenvalue weighted by atomic mass is 10.0. The minimum atomic E-state index is -0.705. The number of anilines is 3. The number of amides is 3. The van der Waals surface area contributed by atoms with Crippen LogP contribution in [-0.4, -0.2) is 17.7 Å². The van der Waals surface area contributed by atoms with E-state index in [1.807, 2.05) is 32.9 Å². The third-order valence-corrected chi connectivity index (χ3v) is 6.40. The van der Waals surface area contributed by atoms with Crippen LogP contribution in [0.2, 0.25) is 10.0 Å². The van der Waals surface area contributed by atoms with Gasteiger partial charge in [-0.05, 0) is 74.4 Å². The highest BCUT2D eigenvalue weighted by Gasteiger charge is 2.39. The van der Waals surface area contributed by atoms with Crippen LogP contribution in [0.3, 0.4) is 0 Å². The van der Waals surface area contributed by atoms with Crippen molar-refractivity contribution < 1.29 is 14.4 Å². The highest BCUT2D eigenvalue weighted by atomic mass is 35.5. The Bertz CT molecular complexity index is 1390. The molecule has 0 aromatic heterocycles. The Balaban J connectivity index is 1.51. The Morgan fingerprint density at radius 2 is 1.46 bits per heavy atom. The smallest absolute Gasteiger partial charge is 0.283 e. The molecule has 0 unspecified atom stereocenters. The van der Waals surface area contributed by atoms with E-state index in [2.05, 4.69) is 10.6 Å². The van der Waals surface area contributed by atoms with Crippen molar-refractivity contribution in [3.8, 4) is 0 Å². The number of hydrogen-bond donors (Lipinski definition) is 2. The lowest BCUT2D eigenvalue weighted by Crippen LogP contribution is -2.32. The summed E-state index contributed by atoms with van der Waals surface area (Å²) in [5, 5.41) is 6.06. The van der Waals surface area contributed by atoms with E-state index in [4.69, 9.17) is 34.8 Å². The van der Waals surface area contributed by atoms with Gasteiger partial charge in [-0.15, -0.1) is 0 Å². The molecular formula is C26H20Cl3N3O3. The third kappa shape index (κ3) is 4.91. The van der Waals surface area contributed by atoms with Gasteiger partial charge in [-0.3, -0.25) is 14.4 Å². The molecule has 0 aliphatic carbocycles. The van der Waals surface area contributed by atoms with E-state index < -0.39 is 11.8 Å². The van der Waals surface area contributed by atoms with E-state index in [1.165, 1.54) is 18.2 Å². The molecule has 1 aliphatic rings. The topological polar surface area (TPSA) is 78.5 Å². The maximum absolute atomic E-state index is 13.0. The van der Waals surface area contributed by atoms with E-state index in [1.54, 1.807) is 24.3 Å². The number of halogens is 3. The van der Waals surface area contributed by atoms with Crippen LogP contribution in [0.15, 0.2) is 65.3 Å². The fourth-order valence-corrected chi connectivity index (χ4v) is 4.61. The first kappa shape index (κ1) is 24.8. The van der Waals surface area contributed by atoms with E-state index >= 15 is 0 Å². The van der Waals surface area contributed by atoms with Gasteiger partial charge in [-0.2, -0.15) is 0 Å². The Hall–Kier alpha value is -3.32. The maximum atomic E-state index is 13.0. The van der Waals surface area contributed by atoms with Crippen LogP contribution < -0.4 is 15.5 Å². The van der Waals surface area contributed by atoms with Gasteiger partial charge in [0.05, 0.1) is 10.7 Å². The second kappa shape index (κ2) is 9.74. The number of rotatable bonds is 5. The highest BCUT2D eigenvalue weighted by molar-refractivity contribution is 6.54. The first-order valence-corrected chi connectivity index (χ1v) is 11.7. The van der Waals surface area contributed by atoms with Crippen molar-refractivity contribution in [1.82, 2.24) is 0 Å². The lowest BCUT2D eigenvalue weighted by Gasteiger charge is -2.16. The molecule has 0 atom stereocenters. The van der Waals surface area contributed by atoms with E-state index in [0.29, 0.717) is 16.3 Å². The predicted octanol–water partition coefficient (Wildman–Crippen LogP) is 6.61. The zero-order valence-corrected chi connectivity index (χ0v) is 21.3. The van der Waals surface area contributed by atoms with Gasteiger partial charge in [0.1, 0.15) is 10.7 Å². The summed E-state index contributed by atoms with van der Waals surface area (Å²) in [6, 6.07) is 14.9. The SMILES string of the molecule is Cc1cc(C)c(NC(=O)c2ccc(NC3=C(Cl)C(=O)N(c4ccc(Cl)cc4Cl)C3=O)cc2)c(C)c1. The fraction of sp³-hybridized carbons (Fsp3) is 0.115. The van der Waals surface area contributed by atoms with E-state index in [9.17, 15) is 14.4 Å². The number of carbonyl (C=O) groups excluding carboxylic acids is 3. The monoisotopic (exact) mass is 527 g/mol. The third-order valence-electron chi connectivity index (χ3n) is 5.51. The van der Waals surface area contributed by atoms with Crippen LogP contribution in [0.1, 0.15) is 27.0 Å². The number of nitrogens with one attached hydrogen (secondary N) is 2. The molecule has 0 fully saturated rings. The van der Waals surface area contributed by atoms with Crippen molar-refractivity contribution in [3.05, 3.63) is 97.6 Å². The summed E-state index contributed by atoms with van der Waals surface area (Å²) in [7, 11) is 0. The van der Waals surface area contributed by atoms with Gasteiger partial charge in [0.15, 0.2) is 0 Å². The van der Waals surface area contributed by atoms with Crippen LogP contribution in [0, 0.1) is 20.8 Å². The molecule has 4 rings (SSSR count). The molecule has 3 aromatic carbocycles. The van der Waals surface area contributed by atoms with Crippen LogP contribution in [0.5, 0.6) is 0 Å². The Morgan fingerprint density at radius 3 is 2.06 bits per heavy atom. The van der Waals surface area contributed by atoms with Crippen molar-refractivity contribution in [1.29, 1.82) is 0 Å². The van der Waals surface area contributed by atoms with Crippen LogP contribution in [0.25, 0.3) is 0 Å². The van der Waals surface area contributed by atoms with Gasteiger partial charge >= 0.3 is 0 Å². The fourth-order valence-electron chi connectivity index (χ4n) is 3.90. The lowest BCUT2D eigenvalue weighted by molar-refractivity contribution is -0.120. The number of imide groups is 1. The van der Waals surface area contributed by atoms with E-state index in [0.717, 1.165) is 27.3 Å². The first-order chi connectivity index (χ1) is 16.6. The summed E-state index contributed by atoms with van der Waals surface area (Å²) in [6.45, 7) is 5.89. The van der Waals surface area contributed by atoms with E-state index in [-0.39, 0.29) is 27.3 Å². The summed E-state index contributed by atoms with van der Waals surface area (Å²) in [6.07, 6.45) is 0. The minimum absolute atomic E-state index is 0.0919. The summed E-state index contributed by atoms with van der Waals surface area (Å²) in [4.78, 5) is 39.3. The number of hydrogen-bond acceptors (Lipinski definition) is 4. The Morgan fingerprint density at radius 1 is 0.829 bits per heavy atom. The average Bonchev–Trinajstić information content (AvgIpc) is 3.00. The predicted molar refractivity (Wildman–Crippen MR) is 141 cm³/mol. The number of nitrogens with zero attached hydrogens (tertiary/aromatic N) is 1. The van der Waals surface area contributed by atoms with Crippen molar-refractivity contribution in [2.75, 3.05) is 15.5 Å². The Kier molecular flexibility index (Phi) is 6.90. The number of benzene rings is 3. The quantitative estimate of drug-likeness (QED) is 0.365. The zero-order valence-electron chi connectivity index (χ0n) is 19.0. The molecule has 3 aromatic rings. The molecule has 0 bridgehead atoms. The summed E-state index contributed by atoms with van der Waals surface area (Å²) in [5.41, 5.74) is 4.84. The molecule has 1 heterocycles. The Labute approximate surface area is 217 Å². The summed E-state index contributed by atoms with van der Waals surface area (Å²) < 4.78 is 0. The molecule has 1 aliphatic heterocycles. The molecule has 6 nitrogen and oxygen atoms in total. The van der Waals surface area contributed by atoms with Crippen molar-refractivity contribution in [3.63, 3.8) is 0 Å². The van der Waals surface area contributed by atoms with Crippen LogP contribution in [0.4, 0.5) is 17.1 Å². The standard InChI is InChI=1S/C26H20Cl3N3O3/c1-13-10-14(2)22(15(3)11-13)31-24(33)16-4-7-18(8-5-16)30-23-21(29)25(34)32(26(23)35)20-9-6-17(27)12-19(20)28/h4-12,30H,1-3H3,(H,31,33). The summed E-state index contributed by atoms with van der Waals surface area (Å²) in [5.74, 6) is -1.63. The first-order valence-electron chi connectivity index (χ1n) is 10.6. The second-order valence-corrected chi connectivity index (χ2v) is 9.38. The molecule has 0 spiro atoms. The van der Waals surface area contributed by atoms with Gasteiger partial charge in [-0.25, -0.2) is 4.90 Å². The second-order valence-electron chi connectivity index (χ2n) is 8.16. The van der Waals surface area contributed by atoms with Crippen molar-refractivity contribution >= 4 is 69.6 Å². The molecule has 0 saturated carbocycles.